The number of nitrogens with zero attached hydrogens (tertiary/aromatic N) is 1. The van der Waals surface area contributed by atoms with Gasteiger partial charge in [-0.1, -0.05) is 19.1 Å². The lowest BCUT2D eigenvalue weighted by Gasteiger charge is -2.31. The molecule has 2 rings (SSSR count). The molecule has 0 atom stereocenters. The summed E-state index contributed by atoms with van der Waals surface area (Å²) in [5, 5.41) is 0. The monoisotopic (exact) mass is 301 g/mol. The van der Waals surface area contributed by atoms with Gasteiger partial charge in [-0.15, -0.1) is 0 Å². The van der Waals surface area contributed by atoms with E-state index in [9.17, 15) is 12.8 Å². The van der Waals surface area contributed by atoms with E-state index in [1.54, 1.807) is 16.4 Å². The van der Waals surface area contributed by atoms with Gasteiger partial charge in [-0.3, -0.25) is 0 Å². The summed E-state index contributed by atoms with van der Waals surface area (Å²) in [7, 11) is -3.06. The van der Waals surface area contributed by atoms with Crippen molar-refractivity contribution in [2.24, 2.45) is 0 Å². The van der Waals surface area contributed by atoms with E-state index in [4.69, 9.17) is 0 Å². The largest absolute Gasteiger partial charge is 0.329 e. The number of hydrogen-bond donors (Lipinski definition) is 1. The van der Waals surface area contributed by atoms with Crippen LogP contribution >= 0.6 is 0 Å². The van der Waals surface area contributed by atoms with Crippen molar-refractivity contribution >= 4 is 10.0 Å². The first-order valence-corrected chi connectivity index (χ1v) is 8.68. The van der Waals surface area contributed by atoms with Crippen LogP contribution in [0, 0.1) is 5.82 Å². The van der Waals surface area contributed by atoms with Crippen LogP contribution in [0.2, 0.25) is 0 Å². The number of rotatable bonds is 5. The Hall–Kier alpha value is -0.980. The topological polar surface area (TPSA) is 41.8 Å². The van der Waals surface area contributed by atoms with Gasteiger partial charge in [0.25, 0.3) is 0 Å². The van der Waals surface area contributed by atoms with E-state index in [0.29, 0.717) is 19.5 Å². The third-order valence-electron chi connectivity index (χ3n) is 3.65. The van der Waals surface area contributed by atoms with Crippen LogP contribution in [-0.2, 0) is 16.6 Å². The van der Waals surface area contributed by atoms with E-state index in [1.807, 2.05) is 6.92 Å². The molecule has 0 aromatic heterocycles. The van der Waals surface area contributed by atoms with Crippen LogP contribution in [0.5, 0.6) is 0 Å². The van der Waals surface area contributed by atoms with Crippen molar-refractivity contribution in [2.45, 2.75) is 19.9 Å². The summed E-state index contributed by atoms with van der Waals surface area (Å²) in [6.45, 7) is 5.48. The third kappa shape index (κ3) is 4.01. The second kappa shape index (κ2) is 6.65. The molecular formula is C14H22FN2O2S+. The van der Waals surface area contributed by atoms with E-state index in [0.717, 1.165) is 25.2 Å². The van der Waals surface area contributed by atoms with Crippen molar-refractivity contribution in [3.8, 4) is 0 Å². The summed E-state index contributed by atoms with van der Waals surface area (Å²) in [6.07, 6.45) is 0.658. The first kappa shape index (κ1) is 15.4. The van der Waals surface area contributed by atoms with E-state index in [2.05, 4.69) is 0 Å². The predicted molar refractivity (Wildman–Crippen MR) is 76.5 cm³/mol. The fourth-order valence-electron chi connectivity index (χ4n) is 2.54. The lowest BCUT2D eigenvalue weighted by Crippen LogP contribution is -3.13. The molecule has 0 spiro atoms. The predicted octanol–water partition coefficient (Wildman–Crippen LogP) is 0.266. The maximum atomic E-state index is 12.8. The minimum absolute atomic E-state index is 0.223. The lowest BCUT2D eigenvalue weighted by atomic mass is 10.2. The molecule has 1 heterocycles. The minimum atomic E-state index is -3.06. The molecule has 112 valence electrons. The zero-order valence-electron chi connectivity index (χ0n) is 11.8. The number of benzene rings is 1. The van der Waals surface area contributed by atoms with Crippen LogP contribution in [0.25, 0.3) is 0 Å². The minimum Gasteiger partial charge on any atom is -0.329 e. The smallest absolute Gasteiger partial charge is 0.214 e. The highest BCUT2D eigenvalue weighted by Crippen LogP contribution is 2.04. The highest BCUT2D eigenvalue weighted by Gasteiger charge is 2.28. The van der Waals surface area contributed by atoms with Gasteiger partial charge < -0.3 is 4.90 Å². The Balaban J connectivity index is 1.87. The Kier molecular flexibility index (Phi) is 5.12. The number of quaternary nitrogens is 1. The molecule has 6 heteroatoms. The number of nitrogens with one attached hydrogen (secondary N) is 1. The maximum absolute atomic E-state index is 12.8. The van der Waals surface area contributed by atoms with Crippen molar-refractivity contribution in [3.05, 3.63) is 35.6 Å². The number of piperazine rings is 1. The molecule has 1 saturated heterocycles. The first-order valence-electron chi connectivity index (χ1n) is 7.07. The summed E-state index contributed by atoms with van der Waals surface area (Å²) < 4.78 is 38.4. The number of hydrogen-bond acceptors (Lipinski definition) is 2. The fraction of sp³-hybridized carbons (Fsp3) is 0.571. The molecule has 1 aromatic carbocycles. The first-order chi connectivity index (χ1) is 9.51. The lowest BCUT2D eigenvalue weighted by molar-refractivity contribution is -0.917. The average molecular weight is 301 g/mol. The molecule has 0 bridgehead atoms. The van der Waals surface area contributed by atoms with E-state index < -0.39 is 10.0 Å². The summed E-state index contributed by atoms with van der Waals surface area (Å²) in [5.41, 5.74) is 1.09. The third-order valence-corrected chi connectivity index (χ3v) is 5.73. The Bertz CT molecular complexity index is 523. The molecule has 1 aromatic rings. The van der Waals surface area contributed by atoms with E-state index >= 15 is 0 Å². The normalized spacial score (nSPS) is 18.3. The molecule has 0 radical (unpaired) electrons. The van der Waals surface area contributed by atoms with Gasteiger partial charge in [0.1, 0.15) is 12.4 Å². The SMILES string of the molecule is CCCS(=O)(=O)N1CC[NH+](Cc2ccc(F)cc2)CC1. The number of halogens is 1. The summed E-state index contributed by atoms with van der Waals surface area (Å²) in [4.78, 5) is 1.35. The molecule has 1 aliphatic heterocycles. The van der Waals surface area contributed by atoms with Crippen molar-refractivity contribution in [1.29, 1.82) is 0 Å². The Morgan fingerprint density at radius 1 is 1.20 bits per heavy atom. The Morgan fingerprint density at radius 3 is 2.35 bits per heavy atom. The Labute approximate surface area is 120 Å². The molecule has 1 fully saturated rings. The van der Waals surface area contributed by atoms with Crippen LogP contribution in [-0.4, -0.2) is 44.7 Å². The van der Waals surface area contributed by atoms with Crippen molar-refractivity contribution in [2.75, 3.05) is 31.9 Å². The standard InChI is InChI=1S/C14H21FN2O2S/c1-2-11-20(18,19)17-9-7-16(8-10-17)12-13-3-5-14(15)6-4-13/h3-6H,2,7-12H2,1H3/p+1. The molecule has 1 aliphatic rings. The van der Waals surface area contributed by atoms with Crippen LogP contribution in [0.3, 0.4) is 0 Å². The molecule has 0 amide bonds. The van der Waals surface area contributed by atoms with Crippen molar-refractivity contribution in [1.82, 2.24) is 4.31 Å². The molecule has 0 unspecified atom stereocenters. The highest BCUT2D eigenvalue weighted by molar-refractivity contribution is 7.89. The van der Waals surface area contributed by atoms with E-state index in [-0.39, 0.29) is 11.6 Å². The molecular weight excluding hydrogens is 279 g/mol. The zero-order valence-corrected chi connectivity index (χ0v) is 12.6. The van der Waals surface area contributed by atoms with Gasteiger partial charge in [0.05, 0.1) is 31.9 Å². The molecule has 0 saturated carbocycles. The fourth-order valence-corrected chi connectivity index (χ4v) is 4.05. The van der Waals surface area contributed by atoms with Crippen LogP contribution < -0.4 is 4.90 Å². The van der Waals surface area contributed by atoms with Gasteiger partial charge >= 0.3 is 0 Å². The summed E-state index contributed by atoms with van der Waals surface area (Å²) >= 11 is 0. The summed E-state index contributed by atoms with van der Waals surface area (Å²) in [6, 6.07) is 6.53. The Morgan fingerprint density at radius 2 is 1.80 bits per heavy atom. The number of sulfonamides is 1. The van der Waals surface area contributed by atoms with Gasteiger partial charge in [0.15, 0.2) is 0 Å². The molecule has 0 aliphatic carbocycles. The maximum Gasteiger partial charge on any atom is 0.214 e. The molecule has 1 N–H and O–H groups in total. The average Bonchev–Trinajstić information content (AvgIpc) is 2.42. The van der Waals surface area contributed by atoms with Crippen molar-refractivity contribution < 1.29 is 17.7 Å². The van der Waals surface area contributed by atoms with Gasteiger partial charge in [0.2, 0.25) is 10.0 Å². The van der Waals surface area contributed by atoms with Gasteiger partial charge in [-0.25, -0.2) is 12.8 Å². The van der Waals surface area contributed by atoms with Gasteiger partial charge in [-0.2, -0.15) is 4.31 Å². The van der Waals surface area contributed by atoms with Gasteiger partial charge in [0, 0.05) is 5.56 Å². The zero-order chi connectivity index (χ0) is 14.6. The summed E-state index contributed by atoms with van der Waals surface area (Å²) in [5.74, 6) is 0.0135. The highest BCUT2D eigenvalue weighted by atomic mass is 32.2. The van der Waals surface area contributed by atoms with Crippen LogP contribution in [0.4, 0.5) is 4.39 Å². The van der Waals surface area contributed by atoms with E-state index in [1.165, 1.54) is 17.0 Å². The van der Waals surface area contributed by atoms with Crippen LogP contribution in [0.15, 0.2) is 24.3 Å². The van der Waals surface area contributed by atoms with Crippen molar-refractivity contribution in [3.63, 3.8) is 0 Å². The van der Waals surface area contributed by atoms with Gasteiger partial charge in [-0.05, 0) is 18.6 Å². The quantitative estimate of drug-likeness (QED) is 0.848. The van der Waals surface area contributed by atoms with Crippen LogP contribution in [0.1, 0.15) is 18.9 Å². The molecule has 4 nitrogen and oxygen atoms in total. The second-order valence-electron chi connectivity index (χ2n) is 5.27. The second-order valence-corrected chi connectivity index (χ2v) is 7.36. The molecule has 20 heavy (non-hydrogen) atoms.